The maximum atomic E-state index is 12.2. The highest BCUT2D eigenvalue weighted by Gasteiger charge is 2.24. The lowest BCUT2D eigenvalue weighted by Gasteiger charge is -2.33. The van der Waals surface area contributed by atoms with Crippen molar-refractivity contribution in [3.63, 3.8) is 0 Å². The van der Waals surface area contributed by atoms with Gasteiger partial charge in [-0.05, 0) is 38.2 Å². The number of nitro benzene ring substituents is 1. The molecule has 1 aliphatic heterocycles. The Labute approximate surface area is 173 Å². The summed E-state index contributed by atoms with van der Waals surface area (Å²) in [5.74, 6) is 0.287. The van der Waals surface area contributed by atoms with E-state index in [4.69, 9.17) is 21.7 Å². The summed E-state index contributed by atoms with van der Waals surface area (Å²) in [6.07, 6.45) is -0.508. The number of carbonyl (C=O) groups excluding carboxylic acids is 2. The van der Waals surface area contributed by atoms with Gasteiger partial charge in [0.05, 0.1) is 11.5 Å². The molecule has 0 bridgehead atoms. The van der Waals surface area contributed by atoms with Gasteiger partial charge in [-0.2, -0.15) is 0 Å². The molecule has 1 aromatic carbocycles. The number of non-ortho nitro benzene ring substituents is 1. The molecule has 1 N–H and O–H groups in total. The Balaban J connectivity index is 1.69. The van der Waals surface area contributed by atoms with E-state index < -0.39 is 11.0 Å². The van der Waals surface area contributed by atoms with Crippen LogP contribution in [0.2, 0.25) is 0 Å². The van der Waals surface area contributed by atoms with Gasteiger partial charge in [0, 0.05) is 44.4 Å². The molecule has 11 heteroatoms. The van der Waals surface area contributed by atoms with Crippen LogP contribution in [-0.4, -0.2) is 77.1 Å². The molecule has 0 unspecified atom stereocenters. The maximum Gasteiger partial charge on any atom is 0.410 e. The summed E-state index contributed by atoms with van der Waals surface area (Å²) in [5, 5.41) is 13.5. The van der Waals surface area contributed by atoms with E-state index in [-0.39, 0.29) is 29.3 Å². The third-order valence-corrected chi connectivity index (χ3v) is 4.24. The van der Waals surface area contributed by atoms with Crippen LogP contribution in [0.5, 0.6) is 5.75 Å². The van der Waals surface area contributed by atoms with Crippen molar-refractivity contribution in [1.82, 2.24) is 15.1 Å². The van der Waals surface area contributed by atoms with Crippen LogP contribution in [0.3, 0.4) is 0 Å². The molecule has 1 aliphatic rings. The zero-order chi connectivity index (χ0) is 21.4. The topological polar surface area (TPSA) is 114 Å². The van der Waals surface area contributed by atoms with Crippen molar-refractivity contribution in [2.45, 2.75) is 19.9 Å². The molecule has 1 saturated heterocycles. The van der Waals surface area contributed by atoms with Crippen LogP contribution in [0.15, 0.2) is 24.3 Å². The molecule has 29 heavy (non-hydrogen) atoms. The van der Waals surface area contributed by atoms with E-state index in [2.05, 4.69) is 5.32 Å². The third kappa shape index (κ3) is 7.62. The first-order valence-electron chi connectivity index (χ1n) is 9.13. The molecular weight excluding hydrogens is 400 g/mol. The molecular formula is C18H24N4O6S. The van der Waals surface area contributed by atoms with E-state index in [1.54, 1.807) is 4.90 Å². The smallest absolute Gasteiger partial charge is 0.410 e. The Morgan fingerprint density at radius 3 is 2.38 bits per heavy atom. The van der Waals surface area contributed by atoms with Gasteiger partial charge in [-0.25, -0.2) is 4.79 Å². The molecule has 1 fully saturated rings. The fourth-order valence-corrected chi connectivity index (χ4v) is 2.82. The Morgan fingerprint density at radius 1 is 1.21 bits per heavy atom. The van der Waals surface area contributed by atoms with Crippen LogP contribution >= 0.6 is 12.2 Å². The van der Waals surface area contributed by atoms with E-state index in [0.717, 1.165) is 0 Å². The molecule has 0 saturated carbocycles. The first-order chi connectivity index (χ1) is 13.7. The van der Waals surface area contributed by atoms with Gasteiger partial charge in [0.1, 0.15) is 5.75 Å². The van der Waals surface area contributed by atoms with Crippen molar-refractivity contribution in [3.8, 4) is 5.75 Å². The SMILES string of the molecule is CC(C)NC(=O)CN1CCN(C(=O)OCC(=S)Oc2ccc([N+](=O)[O-])cc2)CC1. The normalized spacial score (nSPS) is 14.4. The van der Waals surface area contributed by atoms with Gasteiger partial charge in [-0.15, -0.1) is 0 Å². The van der Waals surface area contributed by atoms with Crippen molar-refractivity contribution in [1.29, 1.82) is 0 Å². The lowest BCUT2D eigenvalue weighted by molar-refractivity contribution is -0.384. The molecule has 1 aromatic rings. The number of nitrogens with one attached hydrogen (secondary N) is 1. The van der Waals surface area contributed by atoms with E-state index in [0.29, 0.717) is 38.5 Å². The van der Waals surface area contributed by atoms with E-state index in [1.807, 2.05) is 18.7 Å². The summed E-state index contributed by atoms with van der Waals surface area (Å²) in [4.78, 5) is 37.6. The number of amides is 2. The minimum atomic E-state index is -0.514. The Kier molecular flexibility index (Phi) is 8.28. The highest BCUT2D eigenvalue weighted by atomic mass is 32.1. The second kappa shape index (κ2) is 10.7. The van der Waals surface area contributed by atoms with Crippen LogP contribution in [0.1, 0.15) is 13.8 Å². The largest absolute Gasteiger partial charge is 0.447 e. The first-order valence-corrected chi connectivity index (χ1v) is 9.54. The van der Waals surface area contributed by atoms with Crippen molar-refractivity contribution in [2.24, 2.45) is 0 Å². The van der Waals surface area contributed by atoms with Gasteiger partial charge in [-0.3, -0.25) is 19.8 Å². The third-order valence-electron chi connectivity index (χ3n) is 4.04. The molecule has 0 aromatic heterocycles. The highest BCUT2D eigenvalue weighted by Crippen LogP contribution is 2.17. The molecule has 2 amide bonds. The molecule has 1 heterocycles. The van der Waals surface area contributed by atoms with E-state index in [1.165, 1.54) is 24.3 Å². The number of benzene rings is 1. The molecule has 0 spiro atoms. The van der Waals surface area contributed by atoms with E-state index in [9.17, 15) is 19.7 Å². The number of ether oxygens (including phenoxy) is 2. The predicted molar refractivity (Wildman–Crippen MR) is 109 cm³/mol. The summed E-state index contributed by atoms with van der Waals surface area (Å²) in [5.41, 5.74) is -0.0597. The lowest BCUT2D eigenvalue weighted by Crippen LogP contribution is -2.51. The number of hydrogen-bond acceptors (Lipinski definition) is 8. The van der Waals surface area contributed by atoms with Gasteiger partial charge in [0.15, 0.2) is 6.61 Å². The number of thiocarbonyl (C=S) groups is 1. The molecule has 2 rings (SSSR count). The van der Waals surface area contributed by atoms with Crippen molar-refractivity contribution >= 4 is 35.0 Å². The minimum Gasteiger partial charge on any atom is -0.447 e. The van der Waals surface area contributed by atoms with Crippen molar-refractivity contribution < 1.29 is 24.0 Å². The van der Waals surface area contributed by atoms with Gasteiger partial charge in [-0.1, -0.05) is 0 Å². The van der Waals surface area contributed by atoms with Crippen LogP contribution in [0.25, 0.3) is 0 Å². The van der Waals surface area contributed by atoms with Crippen LogP contribution in [-0.2, 0) is 9.53 Å². The summed E-state index contributed by atoms with van der Waals surface area (Å²) in [6, 6.07) is 5.52. The van der Waals surface area contributed by atoms with Gasteiger partial charge in [0.2, 0.25) is 11.0 Å². The summed E-state index contributed by atoms with van der Waals surface area (Å²) >= 11 is 5.04. The molecule has 158 valence electrons. The monoisotopic (exact) mass is 424 g/mol. The predicted octanol–water partition coefficient (Wildman–Crippen LogP) is 1.58. The summed E-state index contributed by atoms with van der Waals surface area (Å²) < 4.78 is 10.5. The van der Waals surface area contributed by atoms with Crippen molar-refractivity contribution in [2.75, 3.05) is 39.3 Å². The molecule has 10 nitrogen and oxygen atoms in total. The summed E-state index contributed by atoms with van der Waals surface area (Å²) in [7, 11) is 0. The van der Waals surface area contributed by atoms with Gasteiger partial charge < -0.3 is 19.7 Å². The minimum absolute atomic E-state index is 0.0373. The quantitative estimate of drug-likeness (QED) is 0.399. The molecule has 0 radical (unpaired) electrons. The second-order valence-corrected chi connectivity index (χ2v) is 7.22. The highest BCUT2D eigenvalue weighted by molar-refractivity contribution is 7.80. The second-order valence-electron chi connectivity index (χ2n) is 6.77. The molecule has 0 atom stereocenters. The van der Waals surface area contributed by atoms with Gasteiger partial charge >= 0.3 is 6.09 Å². The Morgan fingerprint density at radius 2 is 1.83 bits per heavy atom. The number of nitrogens with zero attached hydrogens (tertiary/aromatic N) is 3. The van der Waals surface area contributed by atoms with Crippen LogP contribution in [0, 0.1) is 10.1 Å². The fourth-order valence-electron chi connectivity index (χ4n) is 2.67. The standard InChI is InChI=1S/C18H24N4O6S/c1-13(2)19-16(23)11-20-7-9-21(10-8-20)18(24)27-12-17(29)28-15-5-3-14(4-6-15)22(25)26/h3-6,13H,7-12H2,1-2H3,(H,19,23). The number of nitro groups is 1. The number of carbonyl (C=O) groups is 2. The Bertz CT molecular complexity index is 747. The first kappa shape index (κ1) is 22.5. The van der Waals surface area contributed by atoms with Crippen molar-refractivity contribution in [3.05, 3.63) is 34.4 Å². The zero-order valence-corrected chi connectivity index (χ0v) is 17.1. The summed E-state index contributed by atoms with van der Waals surface area (Å²) in [6.45, 7) is 5.95. The zero-order valence-electron chi connectivity index (χ0n) is 16.3. The lowest BCUT2D eigenvalue weighted by atomic mass is 10.3. The number of rotatable bonds is 7. The average Bonchev–Trinajstić information content (AvgIpc) is 2.66. The Hall–Kier alpha value is -2.79. The maximum absolute atomic E-state index is 12.2. The van der Waals surface area contributed by atoms with E-state index >= 15 is 0 Å². The van der Waals surface area contributed by atoms with Gasteiger partial charge in [0.25, 0.3) is 5.69 Å². The molecule has 0 aliphatic carbocycles. The van der Waals surface area contributed by atoms with Crippen LogP contribution < -0.4 is 10.1 Å². The van der Waals surface area contributed by atoms with Crippen LogP contribution in [0.4, 0.5) is 10.5 Å². The fraction of sp³-hybridized carbons (Fsp3) is 0.500. The number of piperazine rings is 1. The number of hydrogen-bond donors (Lipinski definition) is 1. The average molecular weight is 424 g/mol.